The number of hydrogen-bond acceptors (Lipinski definition) is 8. The molecule has 1 amide bonds. The SMILES string of the molecule is COc1cc(N2CCC(C(OC)OC)CC2)ccc1C(=O)N[C@@H]1CCC(=C=O)NC1=C=O. The number of anilines is 1. The number of nitrogens with zero attached hydrogens (tertiary/aromatic N) is 1. The van der Waals surface area contributed by atoms with Gasteiger partial charge >= 0.3 is 0 Å². The molecule has 32 heavy (non-hydrogen) atoms. The van der Waals surface area contributed by atoms with Crippen LogP contribution in [0.3, 0.4) is 0 Å². The van der Waals surface area contributed by atoms with Gasteiger partial charge in [0.25, 0.3) is 5.91 Å². The lowest BCUT2D eigenvalue weighted by atomic mass is 9.95. The molecule has 0 aromatic heterocycles. The van der Waals surface area contributed by atoms with Gasteiger partial charge < -0.3 is 29.7 Å². The fourth-order valence-corrected chi connectivity index (χ4v) is 4.27. The smallest absolute Gasteiger partial charge is 0.255 e. The number of benzene rings is 1. The van der Waals surface area contributed by atoms with Crippen molar-refractivity contribution < 1.29 is 28.6 Å². The Bertz CT molecular complexity index is 924. The summed E-state index contributed by atoms with van der Waals surface area (Å²) in [6.07, 6.45) is 2.47. The van der Waals surface area contributed by atoms with Gasteiger partial charge in [-0.2, -0.15) is 0 Å². The average molecular weight is 444 g/mol. The van der Waals surface area contributed by atoms with Crippen molar-refractivity contribution in [2.75, 3.05) is 39.3 Å². The molecule has 0 aliphatic carbocycles. The summed E-state index contributed by atoms with van der Waals surface area (Å²) in [7, 11) is 4.83. The first-order valence-corrected chi connectivity index (χ1v) is 10.6. The molecule has 1 aromatic carbocycles. The Balaban J connectivity index is 1.68. The van der Waals surface area contributed by atoms with Crippen LogP contribution in [-0.2, 0) is 19.1 Å². The van der Waals surface area contributed by atoms with Gasteiger partial charge in [-0.25, -0.2) is 9.59 Å². The van der Waals surface area contributed by atoms with E-state index in [1.165, 1.54) is 7.11 Å². The van der Waals surface area contributed by atoms with E-state index in [2.05, 4.69) is 15.5 Å². The summed E-state index contributed by atoms with van der Waals surface area (Å²) in [5.74, 6) is 3.93. The van der Waals surface area contributed by atoms with E-state index in [0.29, 0.717) is 30.1 Å². The van der Waals surface area contributed by atoms with E-state index in [1.54, 1.807) is 32.2 Å². The van der Waals surface area contributed by atoms with E-state index in [1.807, 2.05) is 12.1 Å². The molecular weight excluding hydrogens is 414 g/mol. The van der Waals surface area contributed by atoms with Crippen molar-refractivity contribution in [3.8, 4) is 5.75 Å². The molecule has 9 heteroatoms. The van der Waals surface area contributed by atoms with Crippen molar-refractivity contribution in [2.24, 2.45) is 5.92 Å². The Labute approximate surface area is 187 Å². The van der Waals surface area contributed by atoms with Crippen LogP contribution in [0.1, 0.15) is 36.0 Å². The van der Waals surface area contributed by atoms with Gasteiger partial charge in [0.15, 0.2) is 6.29 Å². The van der Waals surface area contributed by atoms with Crippen molar-refractivity contribution in [3.05, 3.63) is 35.2 Å². The van der Waals surface area contributed by atoms with Crippen LogP contribution in [0.2, 0.25) is 0 Å². The fourth-order valence-electron chi connectivity index (χ4n) is 4.27. The number of carbonyl (C=O) groups excluding carboxylic acids is 3. The van der Waals surface area contributed by atoms with Crippen molar-refractivity contribution in [1.29, 1.82) is 0 Å². The summed E-state index contributed by atoms with van der Waals surface area (Å²) in [6.45, 7) is 1.69. The van der Waals surface area contributed by atoms with Crippen LogP contribution >= 0.6 is 0 Å². The number of nitrogens with one attached hydrogen (secondary N) is 2. The molecule has 172 valence electrons. The van der Waals surface area contributed by atoms with E-state index >= 15 is 0 Å². The van der Waals surface area contributed by atoms with Gasteiger partial charge in [-0.3, -0.25) is 4.79 Å². The molecule has 3 rings (SSSR count). The molecule has 2 N–H and O–H groups in total. The number of methoxy groups -OCH3 is 3. The van der Waals surface area contributed by atoms with Crippen LogP contribution in [-0.4, -0.2) is 64.5 Å². The number of allylic oxidation sites excluding steroid dienone is 1. The molecular formula is C23H29N3O6. The minimum Gasteiger partial charge on any atom is -0.496 e. The zero-order valence-electron chi connectivity index (χ0n) is 18.6. The number of amides is 1. The number of carbonyl (C=O) groups is 1. The number of rotatable bonds is 7. The van der Waals surface area contributed by atoms with Gasteiger partial charge in [0.2, 0.25) is 0 Å². The monoisotopic (exact) mass is 443 g/mol. The second-order valence-corrected chi connectivity index (χ2v) is 7.83. The Morgan fingerprint density at radius 2 is 1.84 bits per heavy atom. The lowest BCUT2D eigenvalue weighted by molar-refractivity contribution is -0.141. The summed E-state index contributed by atoms with van der Waals surface area (Å²) < 4.78 is 16.3. The third kappa shape index (κ3) is 5.21. The van der Waals surface area contributed by atoms with E-state index in [4.69, 9.17) is 14.2 Å². The van der Waals surface area contributed by atoms with Gasteiger partial charge in [0.1, 0.15) is 29.0 Å². The van der Waals surface area contributed by atoms with Crippen molar-refractivity contribution in [3.63, 3.8) is 0 Å². The summed E-state index contributed by atoms with van der Waals surface area (Å²) in [6, 6.07) is 4.91. The molecule has 2 fully saturated rings. The molecule has 2 aliphatic rings. The van der Waals surface area contributed by atoms with E-state index in [-0.39, 0.29) is 23.6 Å². The molecule has 2 heterocycles. The summed E-state index contributed by atoms with van der Waals surface area (Å²) in [5, 5.41) is 5.50. The zero-order chi connectivity index (χ0) is 23.1. The lowest BCUT2D eigenvalue weighted by Gasteiger charge is -2.36. The Kier molecular flexibility index (Phi) is 8.09. The predicted molar refractivity (Wildman–Crippen MR) is 118 cm³/mol. The highest BCUT2D eigenvalue weighted by Crippen LogP contribution is 2.31. The second-order valence-electron chi connectivity index (χ2n) is 7.83. The normalized spacial score (nSPS) is 19.2. The maximum Gasteiger partial charge on any atom is 0.255 e. The molecule has 0 spiro atoms. The molecule has 0 radical (unpaired) electrons. The van der Waals surface area contributed by atoms with Gasteiger partial charge in [-0.1, -0.05) is 0 Å². The highest BCUT2D eigenvalue weighted by molar-refractivity contribution is 5.98. The minimum atomic E-state index is -0.560. The maximum absolute atomic E-state index is 12.9. The summed E-state index contributed by atoms with van der Waals surface area (Å²) in [4.78, 5) is 37.2. The zero-order valence-corrected chi connectivity index (χ0v) is 18.6. The van der Waals surface area contributed by atoms with Crippen LogP contribution in [0.25, 0.3) is 0 Å². The van der Waals surface area contributed by atoms with Gasteiger partial charge in [0.05, 0.1) is 18.7 Å². The Hall–Kier alpha value is -3.09. The molecule has 0 unspecified atom stereocenters. The summed E-state index contributed by atoms with van der Waals surface area (Å²) >= 11 is 0. The quantitative estimate of drug-likeness (QED) is 0.482. The molecule has 9 nitrogen and oxygen atoms in total. The lowest BCUT2D eigenvalue weighted by Crippen LogP contribution is -2.43. The van der Waals surface area contributed by atoms with Crippen LogP contribution in [0.15, 0.2) is 29.6 Å². The van der Waals surface area contributed by atoms with Crippen molar-refractivity contribution in [1.82, 2.24) is 10.6 Å². The average Bonchev–Trinajstić information content (AvgIpc) is 2.85. The fraction of sp³-hybridized carbons (Fsp3) is 0.522. The number of ether oxygens (including phenoxy) is 3. The van der Waals surface area contributed by atoms with E-state index in [0.717, 1.165) is 31.6 Å². The van der Waals surface area contributed by atoms with Crippen LogP contribution in [0, 0.1) is 5.92 Å². The topological polar surface area (TPSA) is 106 Å². The molecule has 1 aromatic rings. The van der Waals surface area contributed by atoms with E-state index in [9.17, 15) is 14.4 Å². The predicted octanol–water partition coefficient (Wildman–Crippen LogP) is 1.44. The van der Waals surface area contributed by atoms with Crippen molar-refractivity contribution in [2.45, 2.75) is 38.0 Å². The Morgan fingerprint density at radius 1 is 1.12 bits per heavy atom. The van der Waals surface area contributed by atoms with Gasteiger partial charge in [0, 0.05) is 51.4 Å². The van der Waals surface area contributed by atoms with Gasteiger partial charge in [-0.05, 0) is 31.4 Å². The maximum atomic E-state index is 12.9. The largest absolute Gasteiger partial charge is 0.496 e. The first kappa shape index (κ1) is 23.6. The third-order valence-corrected chi connectivity index (χ3v) is 6.04. The first-order valence-electron chi connectivity index (χ1n) is 10.6. The number of hydrogen-bond donors (Lipinski definition) is 2. The Morgan fingerprint density at radius 3 is 2.44 bits per heavy atom. The molecule has 2 saturated heterocycles. The molecule has 2 aliphatic heterocycles. The van der Waals surface area contributed by atoms with Crippen LogP contribution in [0.4, 0.5) is 5.69 Å². The van der Waals surface area contributed by atoms with Crippen LogP contribution < -0.4 is 20.3 Å². The third-order valence-electron chi connectivity index (χ3n) is 6.04. The number of piperidine rings is 2. The second kappa shape index (κ2) is 11.0. The highest BCUT2D eigenvalue weighted by Gasteiger charge is 2.28. The summed E-state index contributed by atoms with van der Waals surface area (Å²) in [5.41, 5.74) is 1.73. The minimum absolute atomic E-state index is 0.117. The first-order chi connectivity index (χ1) is 15.5. The molecule has 0 bridgehead atoms. The van der Waals surface area contributed by atoms with E-state index < -0.39 is 6.04 Å². The highest BCUT2D eigenvalue weighted by atomic mass is 16.7. The van der Waals surface area contributed by atoms with Crippen LogP contribution in [0.5, 0.6) is 5.75 Å². The van der Waals surface area contributed by atoms with Crippen molar-refractivity contribution >= 4 is 23.5 Å². The van der Waals surface area contributed by atoms with Gasteiger partial charge in [-0.15, -0.1) is 0 Å². The molecule has 0 saturated carbocycles. The standard InChI is InChI=1S/C23H29N3O6/c1-30-21-12-17(26-10-8-15(9-11-26)23(31-2)32-3)5-6-18(21)22(29)25-19-7-4-16(13-27)24-20(19)14-28/h5-6,12,15,19,23-24H,4,7-11H2,1-3H3,(H,25,29)/t19-/m1/s1. The molecule has 1 atom stereocenters.